The third-order valence-electron chi connectivity index (χ3n) is 5.65. The standard InChI is InChI=1S/C22H21N3O3/c1-4-9-25-15-8-6-5-7-13(15)22(20(25)27)14(12-23)19(24)28-17-11-21(2,3)10-16(26)18(17)22/h4-8H,1,9-11,24H2,2-3H3. The highest BCUT2D eigenvalue weighted by molar-refractivity contribution is 6.20. The van der Waals surface area contributed by atoms with Crippen molar-refractivity contribution in [2.75, 3.05) is 11.4 Å². The highest BCUT2D eigenvalue weighted by Gasteiger charge is 2.62. The van der Waals surface area contributed by atoms with Gasteiger partial charge in [0.2, 0.25) is 11.8 Å². The van der Waals surface area contributed by atoms with Gasteiger partial charge in [-0.1, -0.05) is 38.1 Å². The molecule has 28 heavy (non-hydrogen) atoms. The van der Waals surface area contributed by atoms with E-state index in [0.29, 0.717) is 23.4 Å². The predicted molar refractivity (Wildman–Crippen MR) is 104 cm³/mol. The topological polar surface area (TPSA) is 96.4 Å². The molecule has 142 valence electrons. The molecule has 1 aromatic carbocycles. The summed E-state index contributed by atoms with van der Waals surface area (Å²) in [6.45, 7) is 7.94. The smallest absolute Gasteiger partial charge is 0.248 e. The quantitative estimate of drug-likeness (QED) is 0.802. The molecule has 1 aromatic rings. The average molecular weight is 375 g/mol. The molecule has 2 heterocycles. The summed E-state index contributed by atoms with van der Waals surface area (Å²) in [4.78, 5) is 28.6. The number of para-hydroxylation sites is 1. The number of ketones is 1. The van der Waals surface area contributed by atoms with Crippen molar-refractivity contribution in [2.45, 2.75) is 32.1 Å². The van der Waals surface area contributed by atoms with Crippen molar-refractivity contribution < 1.29 is 14.3 Å². The number of nitrogens with two attached hydrogens (primary N) is 1. The van der Waals surface area contributed by atoms with Crippen LogP contribution in [0.5, 0.6) is 0 Å². The van der Waals surface area contributed by atoms with E-state index < -0.39 is 5.41 Å². The molecule has 0 bridgehead atoms. The first kappa shape index (κ1) is 18.1. The van der Waals surface area contributed by atoms with Gasteiger partial charge in [0.05, 0.1) is 5.57 Å². The second-order valence-corrected chi connectivity index (χ2v) is 8.16. The maximum absolute atomic E-state index is 13.8. The normalized spacial score (nSPS) is 25.4. The van der Waals surface area contributed by atoms with Gasteiger partial charge in [-0.25, -0.2) is 0 Å². The minimum atomic E-state index is -1.56. The summed E-state index contributed by atoms with van der Waals surface area (Å²) in [6, 6.07) is 9.27. The van der Waals surface area contributed by atoms with Gasteiger partial charge in [-0.05, 0) is 11.5 Å². The molecule has 1 aliphatic carbocycles. The highest BCUT2D eigenvalue weighted by atomic mass is 16.5. The molecule has 3 aliphatic rings. The van der Waals surface area contributed by atoms with Crippen LogP contribution in [0.4, 0.5) is 5.69 Å². The Hall–Kier alpha value is -3.33. The number of nitrogens with zero attached hydrogens (tertiary/aromatic N) is 2. The lowest BCUT2D eigenvalue weighted by molar-refractivity contribution is -0.125. The molecule has 6 heteroatoms. The Morgan fingerprint density at radius 1 is 1.32 bits per heavy atom. The van der Waals surface area contributed by atoms with Gasteiger partial charge in [-0.2, -0.15) is 5.26 Å². The van der Waals surface area contributed by atoms with Crippen LogP contribution in [-0.4, -0.2) is 18.2 Å². The Kier molecular flexibility index (Phi) is 3.76. The summed E-state index contributed by atoms with van der Waals surface area (Å²) in [5, 5.41) is 9.93. The average Bonchev–Trinajstić information content (AvgIpc) is 2.85. The number of hydrogen-bond donors (Lipinski definition) is 1. The Labute approximate surface area is 163 Å². The van der Waals surface area contributed by atoms with Gasteiger partial charge in [0.1, 0.15) is 22.8 Å². The summed E-state index contributed by atoms with van der Waals surface area (Å²) in [6.07, 6.45) is 2.35. The number of ether oxygens (including phenoxy) is 1. The first-order valence-electron chi connectivity index (χ1n) is 9.15. The van der Waals surface area contributed by atoms with E-state index in [4.69, 9.17) is 10.5 Å². The van der Waals surface area contributed by atoms with Crippen LogP contribution in [-0.2, 0) is 19.7 Å². The third kappa shape index (κ3) is 2.13. The number of allylic oxidation sites excluding steroid dienone is 1. The monoisotopic (exact) mass is 375 g/mol. The number of nitriles is 1. The fraction of sp³-hybridized carbons (Fsp3) is 0.318. The van der Waals surface area contributed by atoms with E-state index in [-0.39, 0.29) is 47.1 Å². The van der Waals surface area contributed by atoms with E-state index in [1.165, 1.54) is 0 Å². The molecule has 4 rings (SSSR count). The molecule has 1 spiro atoms. The Bertz CT molecular complexity index is 1040. The minimum Gasteiger partial charge on any atom is -0.444 e. The molecule has 6 nitrogen and oxygen atoms in total. The lowest BCUT2D eigenvalue weighted by Gasteiger charge is -2.41. The minimum absolute atomic E-state index is 0.0247. The van der Waals surface area contributed by atoms with E-state index in [1.807, 2.05) is 26.0 Å². The highest BCUT2D eigenvalue weighted by Crippen LogP contribution is 2.57. The van der Waals surface area contributed by atoms with Crippen molar-refractivity contribution in [2.24, 2.45) is 11.1 Å². The lowest BCUT2D eigenvalue weighted by atomic mass is 9.62. The molecular weight excluding hydrogens is 354 g/mol. The molecule has 0 fully saturated rings. The molecule has 0 saturated heterocycles. The Morgan fingerprint density at radius 2 is 2.04 bits per heavy atom. The predicted octanol–water partition coefficient (Wildman–Crippen LogP) is 2.82. The SMILES string of the molecule is C=CCN1C(=O)C2(C(C#N)=C(N)OC3=C2C(=O)CC(C)(C)C3)c2ccccc21. The maximum atomic E-state index is 13.8. The fourth-order valence-electron chi connectivity index (χ4n) is 4.65. The second-order valence-electron chi connectivity index (χ2n) is 8.16. The molecule has 1 atom stereocenters. The molecular formula is C22H21N3O3. The van der Waals surface area contributed by atoms with Gasteiger partial charge in [0.15, 0.2) is 5.78 Å². The number of carbonyl (C=O) groups is 2. The summed E-state index contributed by atoms with van der Waals surface area (Å²) in [5.74, 6) is -0.274. The van der Waals surface area contributed by atoms with Crippen molar-refractivity contribution >= 4 is 17.4 Å². The first-order chi connectivity index (χ1) is 13.3. The van der Waals surface area contributed by atoms with Crippen molar-refractivity contribution in [3.63, 3.8) is 0 Å². The zero-order valence-corrected chi connectivity index (χ0v) is 15.9. The number of amides is 1. The number of rotatable bonds is 2. The van der Waals surface area contributed by atoms with Crippen molar-refractivity contribution in [1.82, 2.24) is 0 Å². The molecule has 0 saturated carbocycles. The van der Waals surface area contributed by atoms with Gasteiger partial charge in [-0.15, -0.1) is 6.58 Å². The van der Waals surface area contributed by atoms with Gasteiger partial charge in [-0.3, -0.25) is 9.59 Å². The number of benzene rings is 1. The first-order valence-corrected chi connectivity index (χ1v) is 9.15. The lowest BCUT2D eigenvalue weighted by Crippen LogP contribution is -2.50. The van der Waals surface area contributed by atoms with Gasteiger partial charge in [0, 0.05) is 30.6 Å². The van der Waals surface area contributed by atoms with Gasteiger partial charge in [0.25, 0.3) is 0 Å². The number of anilines is 1. The van der Waals surface area contributed by atoms with Crippen molar-refractivity contribution in [3.05, 3.63) is 65.3 Å². The number of carbonyl (C=O) groups excluding carboxylic acids is 2. The van der Waals surface area contributed by atoms with Crippen LogP contribution in [0.3, 0.4) is 0 Å². The van der Waals surface area contributed by atoms with Gasteiger partial charge >= 0.3 is 0 Å². The van der Waals surface area contributed by atoms with Crippen LogP contribution in [0.15, 0.2) is 59.7 Å². The van der Waals surface area contributed by atoms with Crippen LogP contribution < -0.4 is 10.6 Å². The second kappa shape index (κ2) is 5.83. The fourth-order valence-corrected chi connectivity index (χ4v) is 4.65. The maximum Gasteiger partial charge on any atom is 0.248 e. The third-order valence-corrected chi connectivity index (χ3v) is 5.65. The summed E-state index contributed by atoms with van der Waals surface area (Å²) in [5.41, 5.74) is 5.72. The molecule has 2 N–H and O–H groups in total. The van der Waals surface area contributed by atoms with Crippen LogP contribution in [0.1, 0.15) is 32.3 Å². The number of hydrogen-bond acceptors (Lipinski definition) is 5. The zero-order valence-electron chi connectivity index (χ0n) is 15.9. The molecule has 1 amide bonds. The molecule has 2 aliphatic heterocycles. The summed E-state index contributed by atoms with van der Waals surface area (Å²) >= 11 is 0. The van der Waals surface area contributed by atoms with E-state index in [9.17, 15) is 14.9 Å². The van der Waals surface area contributed by atoms with Crippen LogP contribution in [0.25, 0.3) is 0 Å². The van der Waals surface area contributed by atoms with E-state index >= 15 is 0 Å². The summed E-state index contributed by atoms with van der Waals surface area (Å²) < 4.78 is 5.75. The van der Waals surface area contributed by atoms with Crippen LogP contribution in [0.2, 0.25) is 0 Å². The Morgan fingerprint density at radius 3 is 2.71 bits per heavy atom. The summed E-state index contributed by atoms with van der Waals surface area (Å²) in [7, 11) is 0. The van der Waals surface area contributed by atoms with E-state index in [0.717, 1.165) is 0 Å². The van der Waals surface area contributed by atoms with Crippen molar-refractivity contribution in [1.29, 1.82) is 5.26 Å². The van der Waals surface area contributed by atoms with E-state index in [2.05, 4.69) is 12.6 Å². The number of Topliss-reactive ketones (excluding diaryl/α,β-unsaturated/α-hetero) is 1. The van der Waals surface area contributed by atoms with Crippen LogP contribution >= 0.6 is 0 Å². The van der Waals surface area contributed by atoms with E-state index in [1.54, 1.807) is 23.1 Å². The van der Waals surface area contributed by atoms with Crippen molar-refractivity contribution in [3.8, 4) is 6.07 Å². The van der Waals surface area contributed by atoms with Crippen LogP contribution in [0, 0.1) is 16.7 Å². The molecule has 0 radical (unpaired) electrons. The van der Waals surface area contributed by atoms with Gasteiger partial charge < -0.3 is 15.4 Å². The molecule has 1 unspecified atom stereocenters. The molecule has 0 aromatic heterocycles. The number of fused-ring (bicyclic) bond motifs is 3. The largest absolute Gasteiger partial charge is 0.444 e. The Balaban J connectivity index is 2.10. The zero-order chi connectivity index (χ0) is 20.3.